The molecule has 0 atom stereocenters. The van der Waals surface area contributed by atoms with Crippen molar-refractivity contribution in [1.29, 1.82) is 10.5 Å². The molecular weight excluding hydrogens is 438 g/mol. The van der Waals surface area contributed by atoms with Crippen LogP contribution in [-0.4, -0.2) is 16.0 Å². The number of rotatable bonds is 5. The van der Waals surface area contributed by atoms with Crippen molar-refractivity contribution in [3.63, 3.8) is 0 Å². The van der Waals surface area contributed by atoms with Gasteiger partial charge < -0.3 is 11.1 Å². The molecule has 4 N–H and O–H groups in total. The molecule has 1 heterocycles. The number of anilines is 3. The maximum absolute atomic E-state index is 11.7. The average Bonchev–Trinajstić information content (AvgIpc) is 2.83. The van der Waals surface area contributed by atoms with Gasteiger partial charge in [-0.3, -0.25) is 5.32 Å². The predicted molar refractivity (Wildman–Crippen MR) is 137 cm³/mol. The summed E-state index contributed by atoms with van der Waals surface area (Å²) >= 11 is 0. The van der Waals surface area contributed by atoms with Gasteiger partial charge in [-0.05, 0) is 72.5 Å². The Bertz CT molecular complexity index is 1530. The second-order valence-electron chi connectivity index (χ2n) is 7.89. The lowest BCUT2D eigenvalue weighted by Gasteiger charge is -2.16. The molecule has 3 aromatic carbocycles. The van der Waals surface area contributed by atoms with E-state index in [-0.39, 0.29) is 11.8 Å². The third-order valence-corrected chi connectivity index (χ3v) is 5.41. The second-order valence-corrected chi connectivity index (χ2v) is 7.89. The molecule has 35 heavy (non-hydrogen) atoms. The first-order valence-corrected chi connectivity index (χ1v) is 10.7. The molecule has 0 fully saturated rings. The summed E-state index contributed by atoms with van der Waals surface area (Å²) in [6, 6.07) is 19.9. The average molecular weight is 460 g/mol. The van der Waals surface area contributed by atoms with E-state index in [1.54, 1.807) is 30.3 Å². The van der Waals surface area contributed by atoms with Crippen molar-refractivity contribution in [3.8, 4) is 23.3 Å². The number of benzene rings is 3. The molecular formula is C27H21N7O. The number of nitriles is 2. The number of carbonyl (C=O) groups is 1. The van der Waals surface area contributed by atoms with E-state index < -0.39 is 6.03 Å². The van der Waals surface area contributed by atoms with Crippen molar-refractivity contribution in [2.45, 2.75) is 13.8 Å². The van der Waals surface area contributed by atoms with Crippen LogP contribution in [0.2, 0.25) is 0 Å². The number of allylic oxidation sites excluding steroid dienone is 1. The van der Waals surface area contributed by atoms with Crippen LogP contribution in [0.25, 0.3) is 28.1 Å². The van der Waals surface area contributed by atoms with E-state index in [1.807, 2.05) is 50.2 Å². The highest BCUT2D eigenvalue weighted by atomic mass is 16.2. The van der Waals surface area contributed by atoms with Gasteiger partial charge in [0.15, 0.2) is 0 Å². The standard InChI is InChI=1S/C27H21N7O/c1-16-13-19(5-4-12-28)14-17(2)23(16)21-6-3-7-22-24(21)32-27(34-25(22)33-26(30)35)31-20-10-8-18(15-29)9-11-20/h3-11,13-14H,1-2H3,(H4,30,31,32,33,34,35)/b5-4+. The van der Waals surface area contributed by atoms with Gasteiger partial charge in [0.25, 0.3) is 0 Å². The Morgan fingerprint density at radius 2 is 1.74 bits per heavy atom. The summed E-state index contributed by atoms with van der Waals surface area (Å²) < 4.78 is 0. The Hall–Kier alpha value is -5.21. The van der Waals surface area contributed by atoms with Crippen molar-refractivity contribution in [2.75, 3.05) is 10.6 Å². The van der Waals surface area contributed by atoms with Crippen LogP contribution in [0.3, 0.4) is 0 Å². The maximum atomic E-state index is 11.7. The maximum Gasteiger partial charge on any atom is 0.317 e. The van der Waals surface area contributed by atoms with Crippen LogP contribution in [0.5, 0.6) is 0 Å². The number of aromatic nitrogens is 2. The molecule has 0 saturated carbocycles. The number of nitrogens with two attached hydrogens (primary N) is 1. The molecule has 0 aliphatic heterocycles. The number of primary amides is 1. The quantitative estimate of drug-likeness (QED) is 0.334. The van der Waals surface area contributed by atoms with Gasteiger partial charge in [-0.1, -0.05) is 24.3 Å². The topological polar surface area (TPSA) is 141 Å². The Labute approximate surface area is 202 Å². The molecule has 0 unspecified atom stereocenters. The number of carbonyl (C=O) groups excluding carboxylic acids is 1. The van der Waals surface area contributed by atoms with Gasteiger partial charge >= 0.3 is 6.03 Å². The third kappa shape index (κ3) is 4.92. The highest BCUT2D eigenvalue weighted by Crippen LogP contribution is 2.36. The minimum absolute atomic E-state index is 0.266. The zero-order valence-electron chi connectivity index (χ0n) is 19.1. The van der Waals surface area contributed by atoms with Crippen molar-refractivity contribution in [3.05, 3.63) is 82.9 Å². The van der Waals surface area contributed by atoms with E-state index in [2.05, 4.69) is 21.7 Å². The molecule has 0 bridgehead atoms. The highest BCUT2D eigenvalue weighted by Gasteiger charge is 2.16. The van der Waals surface area contributed by atoms with Crippen molar-refractivity contribution < 1.29 is 4.79 Å². The van der Waals surface area contributed by atoms with Crippen LogP contribution in [0.1, 0.15) is 22.3 Å². The van der Waals surface area contributed by atoms with Crippen LogP contribution < -0.4 is 16.4 Å². The van der Waals surface area contributed by atoms with Gasteiger partial charge in [0.1, 0.15) is 5.82 Å². The van der Waals surface area contributed by atoms with Gasteiger partial charge in [0, 0.05) is 22.7 Å². The largest absolute Gasteiger partial charge is 0.351 e. The van der Waals surface area contributed by atoms with Crippen LogP contribution in [0, 0.1) is 36.5 Å². The van der Waals surface area contributed by atoms with Crippen LogP contribution in [-0.2, 0) is 0 Å². The molecule has 1 aromatic heterocycles. The fourth-order valence-corrected chi connectivity index (χ4v) is 4.03. The van der Waals surface area contributed by atoms with Crippen LogP contribution >= 0.6 is 0 Å². The Morgan fingerprint density at radius 1 is 1.03 bits per heavy atom. The number of para-hydroxylation sites is 1. The highest BCUT2D eigenvalue weighted by molar-refractivity contribution is 6.04. The number of aryl methyl sites for hydroxylation is 2. The van der Waals surface area contributed by atoms with E-state index in [0.29, 0.717) is 22.2 Å². The van der Waals surface area contributed by atoms with Gasteiger partial charge in [0.2, 0.25) is 5.95 Å². The van der Waals surface area contributed by atoms with E-state index in [4.69, 9.17) is 21.2 Å². The van der Waals surface area contributed by atoms with E-state index in [0.717, 1.165) is 27.8 Å². The smallest absolute Gasteiger partial charge is 0.317 e. The molecule has 8 heteroatoms. The number of fused-ring (bicyclic) bond motifs is 1. The summed E-state index contributed by atoms with van der Waals surface area (Å²) in [7, 11) is 0. The molecule has 0 saturated heterocycles. The number of amides is 2. The van der Waals surface area contributed by atoms with Gasteiger partial charge in [-0.15, -0.1) is 0 Å². The summed E-state index contributed by atoms with van der Waals surface area (Å²) in [4.78, 5) is 21.0. The van der Waals surface area contributed by atoms with Gasteiger partial charge in [-0.25, -0.2) is 9.78 Å². The number of hydrogen-bond acceptors (Lipinski definition) is 6. The molecule has 4 aromatic rings. The van der Waals surface area contributed by atoms with E-state index in [9.17, 15) is 4.79 Å². The predicted octanol–water partition coefficient (Wildman–Crippen LogP) is 5.56. The van der Waals surface area contributed by atoms with E-state index >= 15 is 0 Å². The zero-order valence-corrected chi connectivity index (χ0v) is 19.1. The minimum atomic E-state index is -0.735. The monoisotopic (exact) mass is 459 g/mol. The first-order chi connectivity index (χ1) is 16.9. The van der Waals surface area contributed by atoms with Gasteiger partial charge in [-0.2, -0.15) is 15.5 Å². The number of nitrogens with zero attached hydrogens (tertiary/aromatic N) is 4. The first kappa shape index (κ1) is 23.0. The molecule has 170 valence electrons. The SMILES string of the molecule is Cc1cc(/C=C/C#N)cc(C)c1-c1cccc2c(NC(N)=O)nc(Nc3ccc(C#N)cc3)nc12. The van der Waals surface area contributed by atoms with Crippen LogP contribution in [0.15, 0.2) is 60.7 Å². The molecule has 8 nitrogen and oxygen atoms in total. The summed E-state index contributed by atoms with van der Waals surface area (Å²) in [5.41, 5.74) is 12.1. The fraction of sp³-hybridized carbons (Fsp3) is 0.0741. The zero-order chi connectivity index (χ0) is 24.9. The molecule has 0 aliphatic rings. The summed E-state index contributed by atoms with van der Waals surface area (Å²) in [5, 5.41) is 24.3. The van der Waals surface area contributed by atoms with Gasteiger partial charge in [0.05, 0.1) is 23.2 Å². The lowest BCUT2D eigenvalue weighted by atomic mass is 9.92. The Morgan fingerprint density at radius 3 is 2.37 bits per heavy atom. The lowest BCUT2D eigenvalue weighted by molar-refractivity contribution is 0.259. The Balaban J connectivity index is 1.90. The third-order valence-electron chi connectivity index (χ3n) is 5.41. The van der Waals surface area contributed by atoms with Crippen LogP contribution in [0.4, 0.5) is 22.2 Å². The molecule has 0 radical (unpaired) electrons. The van der Waals surface area contributed by atoms with Crippen molar-refractivity contribution >= 4 is 40.5 Å². The Kier molecular flexibility index (Phi) is 6.39. The fourth-order valence-electron chi connectivity index (χ4n) is 4.03. The summed E-state index contributed by atoms with van der Waals surface area (Å²) in [5.74, 6) is 0.548. The summed E-state index contributed by atoms with van der Waals surface area (Å²) in [6.07, 6.45) is 3.21. The minimum Gasteiger partial charge on any atom is -0.351 e. The molecule has 0 spiro atoms. The normalized spacial score (nSPS) is 10.6. The number of urea groups is 1. The van der Waals surface area contributed by atoms with Crippen molar-refractivity contribution in [2.24, 2.45) is 5.73 Å². The number of hydrogen-bond donors (Lipinski definition) is 3. The number of nitrogens with one attached hydrogen (secondary N) is 2. The second kappa shape index (κ2) is 9.74. The van der Waals surface area contributed by atoms with E-state index in [1.165, 1.54) is 6.08 Å². The first-order valence-electron chi connectivity index (χ1n) is 10.7. The molecule has 4 rings (SSSR count). The molecule has 2 amide bonds. The summed E-state index contributed by atoms with van der Waals surface area (Å²) in [6.45, 7) is 4.01. The molecule has 0 aliphatic carbocycles. The lowest BCUT2D eigenvalue weighted by Crippen LogP contribution is -2.20. The van der Waals surface area contributed by atoms with Crippen molar-refractivity contribution in [1.82, 2.24) is 9.97 Å².